The lowest BCUT2D eigenvalue weighted by molar-refractivity contribution is -0.127. The Labute approximate surface area is 152 Å². The molecule has 1 rings (SSSR count). The molecular weight excluding hydrogens is 336 g/mol. The first-order valence-corrected chi connectivity index (χ1v) is 9.49. The molecule has 0 saturated heterocycles. The monoisotopic (exact) mass is 362 g/mol. The number of aryl methyl sites for hydroxylation is 3. The van der Waals surface area contributed by atoms with Gasteiger partial charge in [0.25, 0.3) is 0 Å². The van der Waals surface area contributed by atoms with Crippen LogP contribution in [0.5, 0.6) is 0 Å². The molecule has 1 aromatic carbocycles. The van der Waals surface area contributed by atoms with E-state index in [2.05, 4.69) is 18.5 Å². The van der Waals surface area contributed by atoms with E-state index in [1.165, 1.54) is 4.90 Å². The number of amides is 2. The van der Waals surface area contributed by atoms with Crippen LogP contribution in [0.4, 0.5) is 5.69 Å². The number of rotatable bonds is 9. The standard InChI is InChI=1S/C19H26N2O3S/c1-6-8-21(9-7-2)18(23)13-25(24)12-17(22)20-19-15(4)10-14(3)11-16(19)5/h6-7,10-11H,1-2,8-9,12-13H2,3-5H3,(H,20,22). The van der Waals surface area contributed by atoms with E-state index in [0.717, 1.165) is 22.4 Å². The first-order valence-electron chi connectivity index (χ1n) is 8.00. The fraction of sp³-hybridized carbons (Fsp3) is 0.368. The van der Waals surface area contributed by atoms with Gasteiger partial charge in [-0.15, -0.1) is 13.2 Å². The predicted molar refractivity (Wildman–Crippen MR) is 104 cm³/mol. The molecule has 0 fully saturated rings. The molecule has 5 nitrogen and oxygen atoms in total. The maximum atomic E-state index is 12.2. The van der Waals surface area contributed by atoms with Crippen LogP contribution in [-0.4, -0.2) is 45.5 Å². The summed E-state index contributed by atoms with van der Waals surface area (Å²) in [7, 11) is -1.57. The molecule has 0 bridgehead atoms. The smallest absolute Gasteiger partial charge is 0.237 e. The number of anilines is 1. The van der Waals surface area contributed by atoms with Gasteiger partial charge in [-0.2, -0.15) is 0 Å². The van der Waals surface area contributed by atoms with Crippen LogP contribution in [0.3, 0.4) is 0 Å². The molecule has 0 aromatic heterocycles. The molecule has 0 aliphatic heterocycles. The van der Waals surface area contributed by atoms with Gasteiger partial charge in [-0.1, -0.05) is 29.8 Å². The molecule has 0 aliphatic rings. The van der Waals surface area contributed by atoms with Crippen LogP contribution in [0, 0.1) is 20.8 Å². The molecular formula is C19H26N2O3S. The van der Waals surface area contributed by atoms with Crippen molar-refractivity contribution in [2.75, 3.05) is 29.9 Å². The van der Waals surface area contributed by atoms with E-state index in [1.807, 2.05) is 32.9 Å². The number of hydrogen-bond donors (Lipinski definition) is 1. The number of benzene rings is 1. The van der Waals surface area contributed by atoms with Gasteiger partial charge < -0.3 is 10.2 Å². The van der Waals surface area contributed by atoms with Gasteiger partial charge in [0.1, 0.15) is 11.5 Å². The van der Waals surface area contributed by atoms with Gasteiger partial charge in [-0.3, -0.25) is 13.8 Å². The van der Waals surface area contributed by atoms with Crippen LogP contribution in [0.15, 0.2) is 37.4 Å². The molecule has 6 heteroatoms. The minimum absolute atomic E-state index is 0.193. The van der Waals surface area contributed by atoms with Crippen molar-refractivity contribution < 1.29 is 13.8 Å². The second kappa shape index (κ2) is 9.93. The molecule has 0 heterocycles. The molecule has 1 aromatic rings. The van der Waals surface area contributed by atoms with Crippen LogP contribution in [0.25, 0.3) is 0 Å². The van der Waals surface area contributed by atoms with Gasteiger partial charge >= 0.3 is 0 Å². The maximum absolute atomic E-state index is 12.2. The third kappa shape index (κ3) is 6.66. The Morgan fingerprint density at radius 3 is 2.08 bits per heavy atom. The normalized spacial score (nSPS) is 11.5. The van der Waals surface area contributed by atoms with Crippen LogP contribution in [0.1, 0.15) is 16.7 Å². The molecule has 0 saturated carbocycles. The van der Waals surface area contributed by atoms with Crippen molar-refractivity contribution in [3.63, 3.8) is 0 Å². The Morgan fingerprint density at radius 2 is 1.60 bits per heavy atom. The fourth-order valence-corrected chi connectivity index (χ4v) is 3.49. The summed E-state index contributed by atoms with van der Waals surface area (Å²) < 4.78 is 12.1. The lowest BCUT2D eigenvalue weighted by Crippen LogP contribution is -2.36. The Kier molecular flexibility index (Phi) is 8.28. The second-order valence-corrected chi connectivity index (χ2v) is 7.38. The highest BCUT2D eigenvalue weighted by Gasteiger charge is 2.17. The number of hydrogen-bond acceptors (Lipinski definition) is 3. The zero-order valence-electron chi connectivity index (χ0n) is 15.1. The summed E-state index contributed by atoms with van der Waals surface area (Å²) in [6, 6.07) is 3.96. The molecule has 0 aliphatic carbocycles. The maximum Gasteiger partial charge on any atom is 0.237 e. The van der Waals surface area contributed by atoms with Gasteiger partial charge in [0, 0.05) is 29.6 Å². The lowest BCUT2D eigenvalue weighted by atomic mass is 10.1. The number of carbonyl (C=O) groups excluding carboxylic acids is 2. The van der Waals surface area contributed by atoms with Gasteiger partial charge in [0.2, 0.25) is 11.8 Å². The van der Waals surface area contributed by atoms with Crippen molar-refractivity contribution in [3.05, 3.63) is 54.1 Å². The van der Waals surface area contributed by atoms with E-state index in [9.17, 15) is 13.8 Å². The van der Waals surface area contributed by atoms with Crippen molar-refractivity contribution in [2.45, 2.75) is 20.8 Å². The largest absolute Gasteiger partial charge is 0.334 e. The van der Waals surface area contributed by atoms with Crippen molar-refractivity contribution in [1.82, 2.24) is 4.90 Å². The van der Waals surface area contributed by atoms with Gasteiger partial charge in [-0.25, -0.2) is 0 Å². The molecule has 25 heavy (non-hydrogen) atoms. The zero-order valence-corrected chi connectivity index (χ0v) is 15.9. The number of nitrogens with one attached hydrogen (secondary N) is 1. The Bertz CT molecular complexity index is 665. The van der Waals surface area contributed by atoms with Crippen molar-refractivity contribution in [2.24, 2.45) is 0 Å². The van der Waals surface area contributed by atoms with Gasteiger partial charge in [0.15, 0.2) is 0 Å². The van der Waals surface area contributed by atoms with Gasteiger partial charge in [-0.05, 0) is 31.9 Å². The fourth-order valence-electron chi connectivity index (χ4n) is 2.57. The summed E-state index contributed by atoms with van der Waals surface area (Å²) in [5.74, 6) is -1.05. The highest BCUT2D eigenvalue weighted by molar-refractivity contribution is 7.86. The summed E-state index contributed by atoms with van der Waals surface area (Å²) >= 11 is 0. The van der Waals surface area contributed by atoms with Crippen LogP contribution < -0.4 is 5.32 Å². The summed E-state index contributed by atoms with van der Waals surface area (Å²) in [4.78, 5) is 25.8. The molecule has 136 valence electrons. The Balaban J connectivity index is 2.65. The van der Waals surface area contributed by atoms with Gasteiger partial charge in [0.05, 0.1) is 0 Å². The zero-order chi connectivity index (χ0) is 19.0. The summed E-state index contributed by atoms with van der Waals surface area (Å²) in [5.41, 5.74) is 3.76. The van der Waals surface area contributed by atoms with Crippen LogP contribution in [0.2, 0.25) is 0 Å². The van der Waals surface area contributed by atoms with E-state index >= 15 is 0 Å². The minimum Gasteiger partial charge on any atom is -0.334 e. The van der Waals surface area contributed by atoms with E-state index in [1.54, 1.807) is 12.2 Å². The number of nitrogens with zero attached hydrogens (tertiary/aromatic N) is 1. The Hall–Kier alpha value is -2.21. The van der Waals surface area contributed by atoms with E-state index < -0.39 is 10.8 Å². The third-order valence-electron chi connectivity index (χ3n) is 3.57. The van der Waals surface area contributed by atoms with E-state index in [-0.39, 0.29) is 23.3 Å². The minimum atomic E-state index is -1.57. The first-order chi connectivity index (χ1) is 11.8. The highest BCUT2D eigenvalue weighted by atomic mass is 32.2. The summed E-state index contributed by atoms with van der Waals surface area (Å²) in [5, 5.41) is 2.80. The molecule has 1 atom stereocenters. The van der Waals surface area contributed by atoms with Crippen LogP contribution in [-0.2, 0) is 20.4 Å². The molecule has 0 radical (unpaired) electrons. The molecule has 2 amide bonds. The first kappa shape index (κ1) is 20.8. The van der Waals surface area contributed by atoms with Crippen molar-refractivity contribution >= 4 is 28.3 Å². The van der Waals surface area contributed by atoms with Crippen molar-refractivity contribution in [3.8, 4) is 0 Å². The topological polar surface area (TPSA) is 66.5 Å². The van der Waals surface area contributed by atoms with E-state index in [0.29, 0.717) is 13.1 Å². The quantitative estimate of drug-likeness (QED) is 0.687. The average Bonchev–Trinajstić information content (AvgIpc) is 2.50. The highest BCUT2D eigenvalue weighted by Crippen LogP contribution is 2.21. The van der Waals surface area contributed by atoms with E-state index in [4.69, 9.17) is 0 Å². The molecule has 1 N–H and O–H groups in total. The SMILES string of the molecule is C=CCN(CC=C)C(=O)CS(=O)CC(=O)Nc1c(C)cc(C)cc1C. The summed E-state index contributed by atoms with van der Waals surface area (Å²) in [6.45, 7) is 13.7. The average molecular weight is 362 g/mol. The Morgan fingerprint density at radius 1 is 1.08 bits per heavy atom. The van der Waals surface area contributed by atoms with Crippen LogP contribution >= 0.6 is 0 Å². The predicted octanol–water partition coefficient (Wildman–Crippen LogP) is 2.50. The van der Waals surface area contributed by atoms with Crippen molar-refractivity contribution in [1.29, 1.82) is 0 Å². The molecule has 0 spiro atoms. The second-order valence-electron chi connectivity index (χ2n) is 5.93. The number of carbonyl (C=O) groups is 2. The third-order valence-corrected chi connectivity index (χ3v) is 4.72. The lowest BCUT2D eigenvalue weighted by Gasteiger charge is -2.19. The summed E-state index contributed by atoms with van der Waals surface area (Å²) in [6.07, 6.45) is 3.19. The molecule has 1 unspecified atom stereocenters.